The number of sulfonamides is 1. The molecule has 8 nitrogen and oxygen atoms in total. The van der Waals surface area contributed by atoms with E-state index in [0.29, 0.717) is 11.5 Å². The van der Waals surface area contributed by atoms with Gasteiger partial charge >= 0.3 is 0 Å². The highest BCUT2D eigenvalue weighted by Gasteiger charge is 2.29. The van der Waals surface area contributed by atoms with E-state index in [9.17, 15) is 17.6 Å². The minimum atomic E-state index is -4.23. The molecule has 1 unspecified atom stereocenters. The lowest BCUT2D eigenvalue weighted by Crippen LogP contribution is -2.45. The largest absolute Gasteiger partial charge is 0.493 e. The lowest BCUT2D eigenvalue weighted by Gasteiger charge is -2.25. The minimum absolute atomic E-state index is 0.117. The van der Waals surface area contributed by atoms with Gasteiger partial charge < -0.3 is 19.5 Å². The SMILES string of the molecule is COc1ccc(S(=O)(=O)N(CC(=O)NC(C)COc2ccccc2C)c2ccc(F)cc2)cc1OC. The second-order valence-electron chi connectivity index (χ2n) is 8.05. The molecule has 0 aliphatic carbocycles. The molecule has 36 heavy (non-hydrogen) atoms. The van der Waals surface area contributed by atoms with E-state index < -0.39 is 34.3 Å². The van der Waals surface area contributed by atoms with Crippen LogP contribution in [0.3, 0.4) is 0 Å². The fourth-order valence-corrected chi connectivity index (χ4v) is 4.89. The van der Waals surface area contributed by atoms with Gasteiger partial charge in [-0.3, -0.25) is 9.10 Å². The smallest absolute Gasteiger partial charge is 0.264 e. The monoisotopic (exact) mass is 516 g/mol. The Kier molecular flexibility index (Phi) is 8.76. The molecular formula is C26H29FN2O6S. The van der Waals surface area contributed by atoms with Crippen molar-refractivity contribution in [3.63, 3.8) is 0 Å². The molecule has 3 rings (SSSR count). The molecule has 1 atom stereocenters. The molecule has 0 fully saturated rings. The Balaban J connectivity index is 1.82. The van der Waals surface area contributed by atoms with Gasteiger partial charge in [0.1, 0.15) is 24.7 Å². The number of carbonyl (C=O) groups excluding carboxylic acids is 1. The highest BCUT2D eigenvalue weighted by atomic mass is 32.2. The zero-order valence-corrected chi connectivity index (χ0v) is 21.3. The van der Waals surface area contributed by atoms with E-state index in [1.54, 1.807) is 6.92 Å². The third kappa shape index (κ3) is 6.45. The lowest BCUT2D eigenvalue weighted by molar-refractivity contribution is -0.120. The fourth-order valence-electron chi connectivity index (χ4n) is 3.45. The van der Waals surface area contributed by atoms with Crippen LogP contribution in [0, 0.1) is 12.7 Å². The first-order valence-corrected chi connectivity index (χ1v) is 12.6. The number of nitrogens with zero attached hydrogens (tertiary/aromatic N) is 1. The number of aryl methyl sites for hydroxylation is 1. The maximum Gasteiger partial charge on any atom is 0.264 e. The van der Waals surface area contributed by atoms with Gasteiger partial charge in [0.25, 0.3) is 10.0 Å². The van der Waals surface area contributed by atoms with Crippen LogP contribution >= 0.6 is 0 Å². The Morgan fingerprint density at radius 3 is 2.28 bits per heavy atom. The van der Waals surface area contributed by atoms with Crippen molar-refractivity contribution >= 4 is 21.6 Å². The summed E-state index contributed by atoms with van der Waals surface area (Å²) < 4.78 is 57.8. The number of para-hydroxylation sites is 1. The van der Waals surface area contributed by atoms with Crippen molar-refractivity contribution < 1.29 is 31.8 Å². The van der Waals surface area contributed by atoms with E-state index in [4.69, 9.17) is 14.2 Å². The van der Waals surface area contributed by atoms with E-state index >= 15 is 0 Å². The van der Waals surface area contributed by atoms with Gasteiger partial charge in [0, 0.05) is 6.07 Å². The third-order valence-electron chi connectivity index (χ3n) is 5.33. The summed E-state index contributed by atoms with van der Waals surface area (Å²) in [6, 6.07) is 16.1. The van der Waals surface area contributed by atoms with E-state index in [0.717, 1.165) is 22.0 Å². The van der Waals surface area contributed by atoms with Gasteiger partial charge in [0.15, 0.2) is 11.5 Å². The topological polar surface area (TPSA) is 94.2 Å². The highest BCUT2D eigenvalue weighted by Crippen LogP contribution is 2.32. The number of hydrogen-bond donors (Lipinski definition) is 1. The van der Waals surface area contributed by atoms with Crippen molar-refractivity contribution in [1.82, 2.24) is 5.32 Å². The molecule has 3 aromatic carbocycles. The molecule has 192 valence electrons. The number of benzene rings is 3. The first-order valence-electron chi connectivity index (χ1n) is 11.1. The summed E-state index contributed by atoms with van der Waals surface area (Å²) in [5.41, 5.74) is 1.09. The maximum atomic E-state index is 13.6. The molecule has 0 spiro atoms. The van der Waals surface area contributed by atoms with Crippen LogP contribution in [0.15, 0.2) is 71.6 Å². The number of anilines is 1. The normalized spacial score (nSPS) is 11.9. The molecule has 0 aromatic heterocycles. The molecule has 1 amide bonds. The molecule has 3 aromatic rings. The first kappa shape index (κ1) is 26.8. The summed E-state index contributed by atoms with van der Waals surface area (Å²) in [6.07, 6.45) is 0. The van der Waals surface area contributed by atoms with Crippen LogP contribution < -0.4 is 23.8 Å². The molecular weight excluding hydrogens is 487 g/mol. The molecule has 0 saturated heterocycles. The van der Waals surface area contributed by atoms with Crippen molar-refractivity contribution in [3.8, 4) is 17.2 Å². The number of carbonyl (C=O) groups is 1. The Labute approximate surface area is 210 Å². The van der Waals surface area contributed by atoms with E-state index in [2.05, 4.69) is 5.32 Å². The number of ether oxygens (including phenoxy) is 3. The van der Waals surface area contributed by atoms with Crippen molar-refractivity contribution in [1.29, 1.82) is 0 Å². The van der Waals surface area contributed by atoms with Crippen LogP contribution in [0.5, 0.6) is 17.2 Å². The summed E-state index contributed by atoms with van der Waals surface area (Å²) in [6.45, 7) is 3.33. The van der Waals surface area contributed by atoms with Gasteiger partial charge in [0.2, 0.25) is 5.91 Å². The fraction of sp³-hybridized carbons (Fsp3) is 0.269. The number of amides is 1. The standard InChI is InChI=1S/C26H29FN2O6S/c1-18-7-5-6-8-23(18)35-17-19(2)28-26(30)16-29(21-11-9-20(27)10-12-21)36(31,32)22-13-14-24(33-3)25(15-22)34-4/h5-15,19H,16-17H2,1-4H3,(H,28,30). The molecule has 0 radical (unpaired) electrons. The zero-order chi connectivity index (χ0) is 26.3. The van der Waals surface area contributed by atoms with Gasteiger partial charge in [-0.2, -0.15) is 0 Å². The number of hydrogen-bond acceptors (Lipinski definition) is 6. The third-order valence-corrected chi connectivity index (χ3v) is 7.10. The molecule has 0 aliphatic heterocycles. The van der Waals surface area contributed by atoms with Gasteiger partial charge in [0.05, 0.1) is 30.8 Å². The van der Waals surface area contributed by atoms with E-state index in [1.165, 1.54) is 44.6 Å². The zero-order valence-electron chi connectivity index (χ0n) is 20.5. The molecule has 10 heteroatoms. The summed E-state index contributed by atoms with van der Waals surface area (Å²) in [5.74, 6) is 0.175. The average Bonchev–Trinajstić information content (AvgIpc) is 2.86. The van der Waals surface area contributed by atoms with Crippen molar-refractivity contribution in [2.75, 3.05) is 31.7 Å². The molecule has 0 saturated carbocycles. The number of methoxy groups -OCH3 is 2. The van der Waals surface area contributed by atoms with Crippen LogP contribution in [0.2, 0.25) is 0 Å². The van der Waals surface area contributed by atoms with Crippen molar-refractivity contribution in [3.05, 3.63) is 78.1 Å². The predicted molar refractivity (Wildman–Crippen MR) is 135 cm³/mol. The van der Waals surface area contributed by atoms with Gasteiger partial charge in [-0.05, 0) is 61.9 Å². The van der Waals surface area contributed by atoms with Crippen molar-refractivity contribution in [2.24, 2.45) is 0 Å². The average molecular weight is 517 g/mol. The van der Waals surface area contributed by atoms with Crippen LogP contribution in [0.1, 0.15) is 12.5 Å². The summed E-state index contributed by atoms with van der Waals surface area (Å²) in [7, 11) is -1.41. The quantitative estimate of drug-likeness (QED) is 0.415. The maximum absolute atomic E-state index is 13.6. The number of nitrogens with one attached hydrogen (secondary N) is 1. The lowest BCUT2D eigenvalue weighted by atomic mass is 10.2. The van der Waals surface area contributed by atoms with E-state index in [1.807, 2.05) is 31.2 Å². The number of halogens is 1. The Bertz CT molecular complexity index is 1300. The van der Waals surface area contributed by atoms with Gasteiger partial charge in [-0.25, -0.2) is 12.8 Å². The minimum Gasteiger partial charge on any atom is -0.493 e. The highest BCUT2D eigenvalue weighted by molar-refractivity contribution is 7.92. The first-order chi connectivity index (χ1) is 17.1. The van der Waals surface area contributed by atoms with Crippen molar-refractivity contribution in [2.45, 2.75) is 24.8 Å². The molecule has 1 N–H and O–H groups in total. The summed E-state index contributed by atoms with van der Waals surface area (Å²) in [5, 5.41) is 2.76. The van der Waals surface area contributed by atoms with E-state index in [-0.39, 0.29) is 22.9 Å². The summed E-state index contributed by atoms with van der Waals surface area (Å²) in [4.78, 5) is 12.8. The van der Waals surface area contributed by atoms with Crippen LogP contribution in [-0.4, -0.2) is 47.7 Å². The van der Waals surface area contributed by atoms with Gasteiger partial charge in [-0.1, -0.05) is 18.2 Å². The Morgan fingerprint density at radius 2 is 1.64 bits per heavy atom. The second kappa shape index (κ2) is 11.8. The Morgan fingerprint density at radius 1 is 0.972 bits per heavy atom. The predicted octanol–water partition coefficient (Wildman–Crippen LogP) is 3.93. The van der Waals surface area contributed by atoms with Crippen LogP contribution in [0.4, 0.5) is 10.1 Å². The molecule has 0 bridgehead atoms. The summed E-state index contributed by atoms with van der Waals surface area (Å²) >= 11 is 0. The number of rotatable bonds is 11. The van der Waals surface area contributed by atoms with Gasteiger partial charge in [-0.15, -0.1) is 0 Å². The van der Waals surface area contributed by atoms with Crippen LogP contribution in [0.25, 0.3) is 0 Å². The van der Waals surface area contributed by atoms with Crippen LogP contribution in [-0.2, 0) is 14.8 Å². The molecule has 0 aliphatic rings. The second-order valence-corrected chi connectivity index (χ2v) is 9.91. The Hall–Kier alpha value is -3.79. The molecule has 0 heterocycles.